The molecule has 4 nitrogen and oxygen atoms in total. The van der Waals surface area contributed by atoms with Gasteiger partial charge in [-0.25, -0.2) is 4.39 Å². The Morgan fingerprint density at radius 2 is 2.17 bits per heavy atom. The number of hydrogen-bond donors (Lipinski definition) is 1. The largest absolute Gasteiger partial charge is 0.419 e. The van der Waals surface area contributed by atoms with Crippen LogP contribution in [0, 0.1) is 12.7 Å². The highest BCUT2D eigenvalue weighted by atomic mass is 19.1. The van der Waals surface area contributed by atoms with Gasteiger partial charge in [-0.2, -0.15) is 0 Å². The van der Waals surface area contributed by atoms with Crippen LogP contribution in [0.5, 0.6) is 0 Å². The van der Waals surface area contributed by atoms with Crippen molar-refractivity contribution in [2.45, 2.75) is 26.8 Å². The Bertz CT molecular complexity index is 525. The van der Waals surface area contributed by atoms with E-state index in [9.17, 15) is 4.39 Å². The number of hydrogen-bond acceptors (Lipinski definition) is 4. The predicted octanol–water partition coefficient (Wildman–Crippen LogP) is 2.68. The molecule has 0 fully saturated rings. The lowest BCUT2D eigenvalue weighted by Gasteiger charge is -2.00. The molecule has 0 unspecified atom stereocenters. The van der Waals surface area contributed by atoms with Gasteiger partial charge in [0.1, 0.15) is 5.82 Å². The minimum Gasteiger partial charge on any atom is -0.419 e. The molecule has 0 atom stereocenters. The Balaban J connectivity index is 2.13. The van der Waals surface area contributed by atoms with E-state index in [1.165, 1.54) is 12.1 Å². The van der Waals surface area contributed by atoms with Crippen molar-refractivity contribution in [3.63, 3.8) is 0 Å². The van der Waals surface area contributed by atoms with Crippen LogP contribution < -0.4 is 5.32 Å². The molecule has 2 rings (SSSR count). The molecule has 0 bridgehead atoms. The monoisotopic (exact) mass is 249 g/mol. The molecule has 0 saturated carbocycles. The van der Waals surface area contributed by atoms with E-state index in [-0.39, 0.29) is 5.82 Å². The lowest BCUT2D eigenvalue weighted by molar-refractivity contribution is 0.477. The molecule has 0 spiro atoms. The smallest absolute Gasteiger partial charge is 0.248 e. The summed E-state index contributed by atoms with van der Waals surface area (Å²) in [6, 6.07) is 4.50. The highest BCUT2D eigenvalue weighted by Crippen LogP contribution is 2.22. The molecular weight excluding hydrogens is 233 g/mol. The van der Waals surface area contributed by atoms with Crippen molar-refractivity contribution in [3.8, 4) is 11.5 Å². The minimum absolute atomic E-state index is 0.263. The van der Waals surface area contributed by atoms with Gasteiger partial charge in [0.25, 0.3) is 0 Å². The van der Waals surface area contributed by atoms with Crippen LogP contribution in [-0.4, -0.2) is 16.7 Å². The second kappa shape index (κ2) is 5.73. The van der Waals surface area contributed by atoms with Gasteiger partial charge in [0.15, 0.2) is 0 Å². The maximum atomic E-state index is 13.0. The predicted molar refractivity (Wildman–Crippen MR) is 66.4 cm³/mol. The van der Waals surface area contributed by atoms with Gasteiger partial charge >= 0.3 is 0 Å². The molecule has 0 aliphatic carbocycles. The van der Waals surface area contributed by atoms with E-state index >= 15 is 0 Å². The summed E-state index contributed by atoms with van der Waals surface area (Å²) >= 11 is 0. The molecule has 1 aromatic heterocycles. The lowest BCUT2D eigenvalue weighted by Crippen LogP contribution is -2.13. The first kappa shape index (κ1) is 12.7. The third kappa shape index (κ3) is 2.92. The molecule has 2 aromatic rings. The zero-order chi connectivity index (χ0) is 13.0. The van der Waals surface area contributed by atoms with E-state index in [4.69, 9.17) is 4.42 Å². The first-order chi connectivity index (χ1) is 8.70. The molecule has 0 aliphatic heterocycles. The molecule has 0 amide bonds. The number of nitrogens with zero attached hydrogens (tertiary/aromatic N) is 2. The number of rotatable bonds is 5. The van der Waals surface area contributed by atoms with Crippen molar-refractivity contribution < 1.29 is 8.81 Å². The molecule has 96 valence electrons. The Labute approximate surface area is 105 Å². The summed E-state index contributed by atoms with van der Waals surface area (Å²) in [6.07, 6.45) is 1.05. The molecule has 18 heavy (non-hydrogen) atoms. The zero-order valence-electron chi connectivity index (χ0n) is 10.5. The summed E-state index contributed by atoms with van der Waals surface area (Å²) in [5.41, 5.74) is 1.55. The van der Waals surface area contributed by atoms with Gasteiger partial charge in [-0.3, -0.25) is 0 Å². The van der Waals surface area contributed by atoms with E-state index in [0.717, 1.165) is 24.1 Å². The summed E-state index contributed by atoms with van der Waals surface area (Å²) in [4.78, 5) is 0. The summed E-state index contributed by atoms with van der Waals surface area (Å²) in [6.45, 7) is 5.38. The van der Waals surface area contributed by atoms with Crippen LogP contribution in [0.3, 0.4) is 0 Å². The van der Waals surface area contributed by atoms with Crippen LogP contribution in [0.15, 0.2) is 22.6 Å². The van der Waals surface area contributed by atoms with Gasteiger partial charge in [-0.05, 0) is 43.7 Å². The van der Waals surface area contributed by atoms with Crippen LogP contribution in [0.25, 0.3) is 11.5 Å². The number of halogens is 1. The SMILES string of the molecule is CCCNCc1nnc(-c2ccc(F)cc2C)o1. The molecule has 1 N–H and O–H groups in total. The van der Waals surface area contributed by atoms with E-state index in [1.54, 1.807) is 6.07 Å². The van der Waals surface area contributed by atoms with Gasteiger partial charge < -0.3 is 9.73 Å². The summed E-state index contributed by atoms with van der Waals surface area (Å²) in [5.74, 6) is 0.712. The Hall–Kier alpha value is -1.75. The van der Waals surface area contributed by atoms with Crippen LogP contribution in [-0.2, 0) is 6.54 Å². The fourth-order valence-electron chi connectivity index (χ4n) is 1.67. The van der Waals surface area contributed by atoms with Crippen molar-refractivity contribution >= 4 is 0 Å². The second-order valence-electron chi connectivity index (χ2n) is 4.14. The molecule has 5 heteroatoms. The number of benzene rings is 1. The summed E-state index contributed by atoms with van der Waals surface area (Å²) in [7, 11) is 0. The van der Waals surface area contributed by atoms with Gasteiger partial charge in [-0.15, -0.1) is 10.2 Å². The Kier molecular flexibility index (Phi) is 4.04. The first-order valence-corrected chi connectivity index (χ1v) is 6.00. The van der Waals surface area contributed by atoms with E-state index in [1.807, 2.05) is 6.92 Å². The minimum atomic E-state index is -0.263. The highest BCUT2D eigenvalue weighted by Gasteiger charge is 2.11. The average Bonchev–Trinajstić information content (AvgIpc) is 2.78. The number of nitrogens with one attached hydrogen (secondary N) is 1. The topological polar surface area (TPSA) is 51.0 Å². The van der Waals surface area contributed by atoms with E-state index in [2.05, 4.69) is 22.4 Å². The number of aryl methyl sites for hydroxylation is 1. The third-order valence-corrected chi connectivity index (χ3v) is 2.59. The van der Waals surface area contributed by atoms with E-state index < -0.39 is 0 Å². The van der Waals surface area contributed by atoms with Crippen molar-refractivity contribution in [2.75, 3.05) is 6.54 Å². The molecule has 0 aliphatic rings. The van der Waals surface area contributed by atoms with Gasteiger partial charge in [-0.1, -0.05) is 6.92 Å². The maximum Gasteiger partial charge on any atom is 0.248 e. The highest BCUT2D eigenvalue weighted by molar-refractivity contribution is 5.57. The molecule has 0 saturated heterocycles. The normalized spacial score (nSPS) is 10.8. The number of aromatic nitrogens is 2. The fourth-order valence-corrected chi connectivity index (χ4v) is 1.67. The zero-order valence-corrected chi connectivity index (χ0v) is 10.5. The van der Waals surface area contributed by atoms with Gasteiger partial charge in [0, 0.05) is 5.56 Å². The van der Waals surface area contributed by atoms with Crippen molar-refractivity contribution in [2.24, 2.45) is 0 Å². The standard InChI is InChI=1S/C13H16FN3O/c1-3-6-15-8-12-16-17-13(18-12)11-5-4-10(14)7-9(11)2/h4-5,7,15H,3,6,8H2,1-2H3. The Morgan fingerprint density at radius 3 is 2.89 bits per heavy atom. The summed E-state index contributed by atoms with van der Waals surface area (Å²) < 4.78 is 18.5. The second-order valence-corrected chi connectivity index (χ2v) is 4.14. The quantitative estimate of drug-likeness (QED) is 0.828. The van der Waals surface area contributed by atoms with Crippen molar-refractivity contribution in [1.29, 1.82) is 0 Å². The van der Waals surface area contributed by atoms with Crippen molar-refractivity contribution in [1.82, 2.24) is 15.5 Å². The average molecular weight is 249 g/mol. The van der Waals surface area contributed by atoms with Gasteiger partial charge in [0.05, 0.1) is 6.54 Å². The maximum absolute atomic E-state index is 13.0. The molecular formula is C13H16FN3O. The van der Waals surface area contributed by atoms with Crippen LogP contribution >= 0.6 is 0 Å². The van der Waals surface area contributed by atoms with E-state index in [0.29, 0.717) is 18.3 Å². The summed E-state index contributed by atoms with van der Waals surface area (Å²) in [5, 5.41) is 11.1. The molecule has 1 aromatic carbocycles. The van der Waals surface area contributed by atoms with Crippen LogP contribution in [0.4, 0.5) is 4.39 Å². The Morgan fingerprint density at radius 1 is 1.33 bits per heavy atom. The van der Waals surface area contributed by atoms with Gasteiger partial charge in [0.2, 0.25) is 11.8 Å². The molecule has 0 radical (unpaired) electrons. The van der Waals surface area contributed by atoms with Crippen molar-refractivity contribution in [3.05, 3.63) is 35.5 Å². The molecule has 1 heterocycles. The lowest BCUT2D eigenvalue weighted by atomic mass is 10.1. The fraction of sp³-hybridized carbons (Fsp3) is 0.385. The van der Waals surface area contributed by atoms with Crippen LogP contribution in [0.2, 0.25) is 0 Å². The van der Waals surface area contributed by atoms with Crippen LogP contribution in [0.1, 0.15) is 24.8 Å². The first-order valence-electron chi connectivity index (χ1n) is 6.00. The third-order valence-electron chi connectivity index (χ3n) is 2.59.